The lowest BCUT2D eigenvalue weighted by molar-refractivity contribution is 0.109. The molecule has 1 rings (SSSR count). The van der Waals surface area contributed by atoms with E-state index in [2.05, 4.69) is 16.5 Å². The van der Waals surface area contributed by atoms with Crippen molar-refractivity contribution in [1.29, 1.82) is 0 Å². The molecule has 58 valence electrons. The first kappa shape index (κ1) is 9.28. The third kappa shape index (κ3) is 7.28. The predicted molar refractivity (Wildman–Crippen MR) is 39.5 cm³/mol. The van der Waals surface area contributed by atoms with E-state index in [4.69, 9.17) is 4.74 Å². The van der Waals surface area contributed by atoms with Crippen LogP contribution in [0.3, 0.4) is 0 Å². The fourth-order valence-corrected chi connectivity index (χ4v) is 0.516. The second-order valence-electron chi connectivity index (χ2n) is 1.68. The van der Waals surface area contributed by atoms with Gasteiger partial charge in [0.1, 0.15) is 6.11 Å². The van der Waals surface area contributed by atoms with Crippen molar-refractivity contribution >= 4 is 0 Å². The Morgan fingerprint density at radius 1 is 1.50 bits per heavy atom. The maximum atomic E-state index is 5.01. The van der Waals surface area contributed by atoms with Crippen LogP contribution < -0.4 is 5.32 Å². The van der Waals surface area contributed by atoms with E-state index in [0.717, 1.165) is 26.3 Å². The molecule has 0 saturated carbocycles. The molecule has 0 amide bonds. The zero-order valence-corrected chi connectivity index (χ0v) is 6.22. The van der Waals surface area contributed by atoms with Gasteiger partial charge in [0.2, 0.25) is 0 Å². The third-order valence-corrected chi connectivity index (χ3v) is 0.964. The molecule has 3 heteroatoms. The molecule has 0 aromatic heterocycles. The van der Waals surface area contributed by atoms with Gasteiger partial charge in [-0.05, 0) is 0 Å². The normalized spacial score (nSPS) is 16.0. The summed E-state index contributed by atoms with van der Waals surface area (Å²) in [5, 5.41) is 3.16. The van der Waals surface area contributed by atoms with E-state index in [9.17, 15) is 0 Å². The van der Waals surface area contributed by atoms with Gasteiger partial charge in [0, 0.05) is 13.1 Å². The number of ether oxygens (including phenoxy) is 2. The molecule has 0 spiro atoms. The van der Waals surface area contributed by atoms with E-state index in [0.29, 0.717) is 0 Å². The number of nitrogens with one attached hydrogen (secondary N) is 1. The van der Waals surface area contributed by atoms with Crippen LogP contribution in [0.4, 0.5) is 0 Å². The summed E-state index contributed by atoms with van der Waals surface area (Å²) in [5.74, 6) is 0. The molecule has 0 aliphatic carbocycles. The van der Waals surface area contributed by atoms with Gasteiger partial charge in [-0.2, -0.15) is 0 Å². The van der Waals surface area contributed by atoms with E-state index in [1.54, 1.807) is 0 Å². The molecule has 3 nitrogen and oxygen atoms in total. The first-order chi connectivity index (χ1) is 4.91. The lowest BCUT2D eigenvalue weighted by atomic mass is 10.5. The molecule has 0 unspecified atom stereocenters. The van der Waals surface area contributed by atoms with Crippen LogP contribution >= 0.6 is 0 Å². The number of methoxy groups -OCH3 is 1. The molecule has 0 radical (unpaired) electrons. The Labute approximate surface area is 61.7 Å². The SMILES string of the molecule is C#COC.C1COCCN1. The molecule has 1 saturated heterocycles. The number of morpholine rings is 1. The van der Waals surface area contributed by atoms with Crippen molar-refractivity contribution in [3.63, 3.8) is 0 Å². The predicted octanol–water partition coefficient (Wildman–Crippen LogP) is -0.170. The van der Waals surface area contributed by atoms with E-state index in [1.165, 1.54) is 7.11 Å². The summed E-state index contributed by atoms with van der Waals surface area (Å²) in [6, 6.07) is 0. The molecule has 1 fully saturated rings. The number of hydrogen-bond acceptors (Lipinski definition) is 3. The molecular weight excluding hydrogens is 130 g/mol. The van der Waals surface area contributed by atoms with Crippen LogP contribution in [0.25, 0.3) is 0 Å². The van der Waals surface area contributed by atoms with Crippen LogP contribution in [-0.4, -0.2) is 33.4 Å². The molecule has 0 bridgehead atoms. The van der Waals surface area contributed by atoms with Crippen molar-refractivity contribution in [3.8, 4) is 12.5 Å². The molecule has 1 aliphatic rings. The van der Waals surface area contributed by atoms with Gasteiger partial charge in [0.05, 0.1) is 20.3 Å². The van der Waals surface area contributed by atoms with E-state index >= 15 is 0 Å². The highest BCUT2D eigenvalue weighted by atomic mass is 16.5. The highest BCUT2D eigenvalue weighted by Crippen LogP contribution is 1.76. The number of rotatable bonds is 0. The van der Waals surface area contributed by atoms with Gasteiger partial charge in [-0.3, -0.25) is 0 Å². The summed E-state index contributed by atoms with van der Waals surface area (Å²) < 4.78 is 9.08. The Bertz CT molecular complexity index is 82.8. The molecule has 10 heavy (non-hydrogen) atoms. The second-order valence-corrected chi connectivity index (χ2v) is 1.68. The van der Waals surface area contributed by atoms with E-state index in [1.807, 2.05) is 6.11 Å². The fraction of sp³-hybridized carbons (Fsp3) is 0.714. The van der Waals surface area contributed by atoms with Gasteiger partial charge in [-0.25, -0.2) is 0 Å². The van der Waals surface area contributed by atoms with Crippen LogP contribution in [0.5, 0.6) is 0 Å². The third-order valence-electron chi connectivity index (χ3n) is 0.964. The Morgan fingerprint density at radius 3 is 2.10 bits per heavy atom. The van der Waals surface area contributed by atoms with E-state index < -0.39 is 0 Å². The van der Waals surface area contributed by atoms with Crippen molar-refractivity contribution in [2.75, 3.05) is 33.4 Å². The van der Waals surface area contributed by atoms with Crippen molar-refractivity contribution < 1.29 is 9.47 Å². The minimum Gasteiger partial charge on any atom is -0.450 e. The Morgan fingerprint density at radius 2 is 2.00 bits per heavy atom. The fourth-order valence-electron chi connectivity index (χ4n) is 0.516. The zero-order valence-electron chi connectivity index (χ0n) is 6.22. The lowest BCUT2D eigenvalue weighted by Crippen LogP contribution is -2.30. The molecular formula is C7H13NO2. The molecule has 1 aliphatic heterocycles. The molecule has 0 atom stereocenters. The summed E-state index contributed by atoms with van der Waals surface area (Å²) in [7, 11) is 1.44. The second kappa shape index (κ2) is 8.28. The highest BCUT2D eigenvalue weighted by molar-refractivity contribution is 4.65. The summed E-state index contributed by atoms with van der Waals surface area (Å²) in [6.45, 7) is 3.83. The largest absolute Gasteiger partial charge is 0.450 e. The topological polar surface area (TPSA) is 30.5 Å². The smallest absolute Gasteiger partial charge is 0.106 e. The van der Waals surface area contributed by atoms with Gasteiger partial charge in [0.15, 0.2) is 0 Å². The maximum absolute atomic E-state index is 5.01. The lowest BCUT2D eigenvalue weighted by Gasteiger charge is -2.10. The van der Waals surface area contributed by atoms with Crippen LogP contribution in [0.2, 0.25) is 0 Å². The first-order valence-corrected chi connectivity index (χ1v) is 3.19. The summed E-state index contributed by atoms with van der Waals surface area (Å²) >= 11 is 0. The molecule has 0 aromatic rings. The Hall–Kier alpha value is -0.720. The first-order valence-electron chi connectivity index (χ1n) is 3.19. The Balaban J connectivity index is 0.000000180. The van der Waals surface area contributed by atoms with Crippen molar-refractivity contribution in [1.82, 2.24) is 5.32 Å². The number of hydrogen-bond donors (Lipinski definition) is 1. The van der Waals surface area contributed by atoms with Crippen molar-refractivity contribution in [3.05, 3.63) is 0 Å². The van der Waals surface area contributed by atoms with Crippen LogP contribution in [0.1, 0.15) is 0 Å². The van der Waals surface area contributed by atoms with Gasteiger partial charge < -0.3 is 14.8 Å². The standard InChI is InChI=1S/C4H9NO.C3H4O/c1-3-6-4-2-5-1;1-3-4-2/h5H,1-4H2;1H,2H3. The van der Waals surface area contributed by atoms with Crippen LogP contribution in [-0.2, 0) is 9.47 Å². The average molecular weight is 143 g/mol. The number of terminal acetylenes is 1. The van der Waals surface area contributed by atoms with Crippen molar-refractivity contribution in [2.45, 2.75) is 0 Å². The molecule has 1 heterocycles. The molecule has 1 N–H and O–H groups in total. The summed E-state index contributed by atoms with van der Waals surface area (Å²) in [6.07, 6.45) is 6.49. The maximum Gasteiger partial charge on any atom is 0.106 e. The zero-order chi connectivity index (χ0) is 7.66. The quantitative estimate of drug-likeness (QED) is 0.477. The minimum atomic E-state index is 0.889. The summed E-state index contributed by atoms with van der Waals surface area (Å²) in [4.78, 5) is 0. The minimum absolute atomic E-state index is 0.889. The van der Waals surface area contributed by atoms with Gasteiger partial charge in [-0.1, -0.05) is 6.42 Å². The monoisotopic (exact) mass is 143 g/mol. The van der Waals surface area contributed by atoms with Gasteiger partial charge in [-0.15, -0.1) is 0 Å². The van der Waals surface area contributed by atoms with Crippen LogP contribution in [0, 0.1) is 12.5 Å². The summed E-state index contributed by atoms with van der Waals surface area (Å²) in [5.41, 5.74) is 0. The van der Waals surface area contributed by atoms with Gasteiger partial charge in [0.25, 0.3) is 0 Å². The molecule has 0 aromatic carbocycles. The Kier molecular flexibility index (Phi) is 7.68. The van der Waals surface area contributed by atoms with Crippen LogP contribution in [0.15, 0.2) is 0 Å². The highest BCUT2D eigenvalue weighted by Gasteiger charge is 1.92. The van der Waals surface area contributed by atoms with E-state index in [-0.39, 0.29) is 0 Å². The van der Waals surface area contributed by atoms with Gasteiger partial charge >= 0.3 is 0 Å². The van der Waals surface area contributed by atoms with Crippen molar-refractivity contribution in [2.24, 2.45) is 0 Å². The average Bonchev–Trinajstić information content (AvgIpc) is 2.08.